The Morgan fingerprint density at radius 2 is 1.96 bits per heavy atom. The van der Waals surface area contributed by atoms with Crippen LogP contribution in [0.5, 0.6) is 11.8 Å². The summed E-state index contributed by atoms with van der Waals surface area (Å²) in [6, 6.07) is 7.10. The molecule has 7 heteroatoms. The van der Waals surface area contributed by atoms with Crippen LogP contribution in [-0.4, -0.2) is 35.1 Å². The molecule has 132 valence electrons. The van der Waals surface area contributed by atoms with Crippen molar-refractivity contribution < 1.29 is 14.3 Å². The Bertz CT molecular complexity index is 733. The summed E-state index contributed by atoms with van der Waals surface area (Å²) in [4.78, 5) is 20.5. The van der Waals surface area contributed by atoms with E-state index < -0.39 is 0 Å². The van der Waals surface area contributed by atoms with Crippen LogP contribution in [0.15, 0.2) is 36.7 Å². The van der Waals surface area contributed by atoms with Crippen LogP contribution in [-0.2, 0) is 0 Å². The summed E-state index contributed by atoms with van der Waals surface area (Å²) >= 11 is 5.93. The maximum Gasteiger partial charge on any atom is 0.251 e. The molecule has 1 aromatic heterocycles. The second-order valence-corrected chi connectivity index (χ2v) is 6.41. The minimum atomic E-state index is -0.0921. The number of ether oxygens (including phenoxy) is 2. The molecule has 0 unspecified atom stereocenters. The van der Waals surface area contributed by atoms with Crippen LogP contribution >= 0.6 is 11.6 Å². The van der Waals surface area contributed by atoms with Crippen molar-refractivity contribution in [3.63, 3.8) is 0 Å². The van der Waals surface area contributed by atoms with Crippen LogP contribution in [0.3, 0.4) is 0 Å². The fourth-order valence-corrected chi connectivity index (χ4v) is 3.07. The van der Waals surface area contributed by atoms with E-state index in [4.69, 9.17) is 21.1 Å². The molecule has 0 aliphatic heterocycles. The summed E-state index contributed by atoms with van der Waals surface area (Å²) in [5.41, 5.74) is 0.581. The Morgan fingerprint density at radius 1 is 1.20 bits per heavy atom. The highest BCUT2D eigenvalue weighted by Gasteiger charge is 2.24. The van der Waals surface area contributed by atoms with Gasteiger partial charge in [-0.2, -0.15) is 4.98 Å². The fraction of sp³-hybridized carbons (Fsp3) is 0.389. The van der Waals surface area contributed by atoms with Crippen molar-refractivity contribution in [1.29, 1.82) is 0 Å². The average molecular weight is 362 g/mol. The van der Waals surface area contributed by atoms with Gasteiger partial charge < -0.3 is 14.8 Å². The van der Waals surface area contributed by atoms with E-state index in [1.807, 2.05) is 0 Å². The van der Waals surface area contributed by atoms with E-state index in [0.29, 0.717) is 22.3 Å². The van der Waals surface area contributed by atoms with Gasteiger partial charge >= 0.3 is 0 Å². The molecular formula is C18H20ClN3O3. The van der Waals surface area contributed by atoms with Gasteiger partial charge in [0.25, 0.3) is 5.91 Å². The van der Waals surface area contributed by atoms with Crippen LogP contribution < -0.4 is 14.8 Å². The molecular weight excluding hydrogens is 342 g/mol. The number of hydrogen-bond acceptors (Lipinski definition) is 5. The lowest BCUT2D eigenvalue weighted by atomic mass is 9.92. The molecule has 1 aliphatic rings. The summed E-state index contributed by atoms with van der Waals surface area (Å²) in [5, 5.41) is 3.62. The number of benzene rings is 1. The zero-order chi connectivity index (χ0) is 17.6. The average Bonchev–Trinajstić information content (AvgIpc) is 2.63. The first-order chi connectivity index (χ1) is 12.1. The van der Waals surface area contributed by atoms with Gasteiger partial charge in [0.05, 0.1) is 19.5 Å². The summed E-state index contributed by atoms with van der Waals surface area (Å²) < 4.78 is 10.9. The standard InChI is InChI=1S/C18H20ClN3O3/c1-24-16-10-20-11-17(22-16)25-15-7-5-14(6-8-15)21-18(23)12-3-2-4-13(19)9-12/h2-4,9-11,14-15H,5-8H2,1H3,(H,21,23). The summed E-state index contributed by atoms with van der Waals surface area (Å²) in [6.45, 7) is 0. The molecule has 1 aromatic carbocycles. The van der Waals surface area contributed by atoms with E-state index in [2.05, 4.69) is 15.3 Å². The first-order valence-electron chi connectivity index (χ1n) is 8.23. The van der Waals surface area contributed by atoms with Gasteiger partial charge in [-0.3, -0.25) is 9.78 Å². The normalized spacial score (nSPS) is 19.9. The van der Waals surface area contributed by atoms with Gasteiger partial charge in [-0.25, -0.2) is 0 Å². The van der Waals surface area contributed by atoms with Crippen molar-refractivity contribution in [2.75, 3.05) is 7.11 Å². The summed E-state index contributed by atoms with van der Waals surface area (Å²) in [6.07, 6.45) is 6.59. The number of aromatic nitrogens is 2. The third-order valence-electron chi connectivity index (χ3n) is 4.18. The monoisotopic (exact) mass is 361 g/mol. The topological polar surface area (TPSA) is 73.3 Å². The molecule has 1 heterocycles. The van der Waals surface area contributed by atoms with Gasteiger partial charge in [0.2, 0.25) is 11.8 Å². The van der Waals surface area contributed by atoms with Crippen LogP contribution in [0.2, 0.25) is 5.02 Å². The Morgan fingerprint density at radius 3 is 2.68 bits per heavy atom. The molecule has 1 saturated carbocycles. The number of nitrogens with one attached hydrogen (secondary N) is 1. The SMILES string of the molecule is COc1cncc(OC2CCC(NC(=O)c3cccc(Cl)c3)CC2)n1. The number of nitrogens with zero attached hydrogens (tertiary/aromatic N) is 2. The summed E-state index contributed by atoms with van der Waals surface area (Å²) in [7, 11) is 1.54. The highest BCUT2D eigenvalue weighted by Crippen LogP contribution is 2.24. The second-order valence-electron chi connectivity index (χ2n) is 5.97. The largest absolute Gasteiger partial charge is 0.480 e. The molecule has 25 heavy (non-hydrogen) atoms. The predicted octanol–water partition coefficient (Wildman–Crippen LogP) is 3.26. The Kier molecular flexibility index (Phi) is 5.71. The third-order valence-corrected chi connectivity index (χ3v) is 4.42. The number of rotatable bonds is 5. The van der Waals surface area contributed by atoms with Crippen LogP contribution in [0, 0.1) is 0 Å². The van der Waals surface area contributed by atoms with E-state index >= 15 is 0 Å². The minimum Gasteiger partial charge on any atom is -0.480 e. The zero-order valence-electron chi connectivity index (χ0n) is 13.9. The predicted molar refractivity (Wildman–Crippen MR) is 94.2 cm³/mol. The molecule has 2 aromatic rings. The van der Waals surface area contributed by atoms with Crippen molar-refractivity contribution in [1.82, 2.24) is 15.3 Å². The molecule has 1 N–H and O–H groups in total. The van der Waals surface area contributed by atoms with Gasteiger partial charge in [0.15, 0.2) is 0 Å². The molecule has 0 bridgehead atoms. The molecule has 1 fully saturated rings. The number of amides is 1. The second kappa shape index (κ2) is 8.16. The Balaban J connectivity index is 1.49. The van der Waals surface area contributed by atoms with Gasteiger partial charge in [0, 0.05) is 16.6 Å². The number of hydrogen-bond donors (Lipinski definition) is 1. The minimum absolute atomic E-state index is 0.0701. The molecule has 1 amide bonds. The van der Waals surface area contributed by atoms with E-state index in [1.165, 1.54) is 6.20 Å². The van der Waals surface area contributed by atoms with E-state index in [1.54, 1.807) is 37.6 Å². The third kappa shape index (κ3) is 4.82. The molecule has 6 nitrogen and oxygen atoms in total. The Hall–Kier alpha value is -2.34. The van der Waals surface area contributed by atoms with Crippen molar-refractivity contribution in [3.05, 3.63) is 47.2 Å². The Labute approximate surface area is 151 Å². The highest BCUT2D eigenvalue weighted by molar-refractivity contribution is 6.30. The molecule has 1 aliphatic carbocycles. The number of halogens is 1. The lowest BCUT2D eigenvalue weighted by Gasteiger charge is -2.29. The molecule has 0 radical (unpaired) electrons. The summed E-state index contributed by atoms with van der Waals surface area (Å²) in [5.74, 6) is 0.802. The zero-order valence-corrected chi connectivity index (χ0v) is 14.7. The van der Waals surface area contributed by atoms with Crippen molar-refractivity contribution >= 4 is 17.5 Å². The van der Waals surface area contributed by atoms with Gasteiger partial charge in [-0.15, -0.1) is 0 Å². The quantitative estimate of drug-likeness (QED) is 0.884. The van der Waals surface area contributed by atoms with E-state index in [-0.39, 0.29) is 18.1 Å². The van der Waals surface area contributed by atoms with Gasteiger partial charge in [0.1, 0.15) is 6.10 Å². The molecule has 0 saturated heterocycles. The first kappa shape index (κ1) is 17.5. The van der Waals surface area contributed by atoms with E-state index in [0.717, 1.165) is 25.7 Å². The van der Waals surface area contributed by atoms with Crippen molar-refractivity contribution in [2.45, 2.75) is 37.8 Å². The highest BCUT2D eigenvalue weighted by atomic mass is 35.5. The van der Waals surface area contributed by atoms with Gasteiger partial charge in [-0.05, 0) is 43.9 Å². The molecule has 0 spiro atoms. The maximum atomic E-state index is 12.3. The molecule has 0 atom stereocenters. The number of carbonyl (C=O) groups excluding carboxylic acids is 1. The smallest absolute Gasteiger partial charge is 0.251 e. The van der Waals surface area contributed by atoms with Crippen LogP contribution in [0.4, 0.5) is 0 Å². The molecule has 3 rings (SSSR count). The lowest BCUT2D eigenvalue weighted by Crippen LogP contribution is -2.39. The maximum absolute atomic E-state index is 12.3. The number of methoxy groups -OCH3 is 1. The van der Waals surface area contributed by atoms with Crippen molar-refractivity contribution in [2.24, 2.45) is 0 Å². The van der Waals surface area contributed by atoms with E-state index in [9.17, 15) is 4.79 Å². The van der Waals surface area contributed by atoms with Gasteiger partial charge in [-0.1, -0.05) is 17.7 Å². The van der Waals surface area contributed by atoms with Crippen LogP contribution in [0.1, 0.15) is 36.0 Å². The van der Waals surface area contributed by atoms with Crippen LogP contribution in [0.25, 0.3) is 0 Å². The van der Waals surface area contributed by atoms with Crippen molar-refractivity contribution in [3.8, 4) is 11.8 Å². The lowest BCUT2D eigenvalue weighted by molar-refractivity contribution is 0.0889. The number of carbonyl (C=O) groups is 1. The first-order valence-corrected chi connectivity index (χ1v) is 8.61. The fourth-order valence-electron chi connectivity index (χ4n) is 2.88.